The number of nitrogens with one attached hydrogen (secondary N) is 3. The van der Waals surface area contributed by atoms with Crippen molar-refractivity contribution >= 4 is 11.6 Å². The number of morpholine rings is 1. The van der Waals surface area contributed by atoms with E-state index in [9.17, 15) is 4.79 Å². The van der Waals surface area contributed by atoms with Gasteiger partial charge < -0.3 is 19.9 Å². The van der Waals surface area contributed by atoms with Gasteiger partial charge in [0.25, 0.3) is 5.91 Å². The maximum absolute atomic E-state index is 12.3. The fraction of sp³-hybridized carbons (Fsp3) is 0.650. The number of piperidine rings is 1. The molecule has 0 radical (unpaired) electrons. The first kappa shape index (κ1) is 18.4. The molecule has 0 aromatic heterocycles. The van der Waals surface area contributed by atoms with Crippen LogP contribution in [0.5, 0.6) is 0 Å². The summed E-state index contributed by atoms with van der Waals surface area (Å²) in [5.41, 5.74) is 2.22. The van der Waals surface area contributed by atoms with E-state index in [4.69, 9.17) is 4.74 Å². The van der Waals surface area contributed by atoms with Crippen molar-refractivity contribution < 1.29 is 19.3 Å². The number of anilines is 1. The van der Waals surface area contributed by atoms with Crippen molar-refractivity contribution in [3.05, 3.63) is 29.8 Å². The van der Waals surface area contributed by atoms with Gasteiger partial charge in [-0.2, -0.15) is 0 Å². The molecule has 0 saturated carbocycles. The predicted octanol–water partition coefficient (Wildman–Crippen LogP) is -0.399. The van der Waals surface area contributed by atoms with Gasteiger partial charge in [0.15, 0.2) is 6.54 Å². The summed E-state index contributed by atoms with van der Waals surface area (Å²) in [6.45, 7) is 12.3. The molecule has 2 aliphatic rings. The van der Waals surface area contributed by atoms with E-state index >= 15 is 0 Å². The molecule has 138 valence electrons. The van der Waals surface area contributed by atoms with E-state index < -0.39 is 0 Å². The monoisotopic (exact) mass is 347 g/mol. The number of ether oxygens (including phenoxy) is 1. The van der Waals surface area contributed by atoms with Crippen LogP contribution < -0.4 is 15.1 Å². The number of carbonyl (C=O) groups is 1. The van der Waals surface area contributed by atoms with Crippen molar-refractivity contribution in [2.24, 2.45) is 11.8 Å². The Hall–Kier alpha value is -1.43. The molecular formula is C20H33N3O2+2. The van der Waals surface area contributed by atoms with Gasteiger partial charge in [-0.05, 0) is 18.6 Å². The Morgan fingerprint density at radius 1 is 1.08 bits per heavy atom. The van der Waals surface area contributed by atoms with Gasteiger partial charge in [0, 0.05) is 23.1 Å². The molecule has 1 aromatic carbocycles. The molecule has 5 heteroatoms. The van der Waals surface area contributed by atoms with Gasteiger partial charge >= 0.3 is 0 Å². The normalized spacial score (nSPS) is 27.8. The summed E-state index contributed by atoms with van der Waals surface area (Å²) < 4.78 is 5.41. The van der Waals surface area contributed by atoms with E-state index in [2.05, 4.69) is 31.3 Å². The lowest BCUT2D eigenvalue weighted by atomic mass is 9.92. The fourth-order valence-corrected chi connectivity index (χ4v) is 4.33. The van der Waals surface area contributed by atoms with Crippen LogP contribution in [0.3, 0.4) is 0 Å². The van der Waals surface area contributed by atoms with Crippen LogP contribution in [0.4, 0.5) is 5.69 Å². The minimum absolute atomic E-state index is 0.128. The zero-order valence-corrected chi connectivity index (χ0v) is 15.6. The van der Waals surface area contributed by atoms with E-state index in [-0.39, 0.29) is 5.91 Å². The summed E-state index contributed by atoms with van der Waals surface area (Å²) in [6.07, 6.45) is 1.29. The second-order valence-electron chi connectivity index (χ2n) is 8.07. The topological polar surface area (TPSA) is 47.2 Å². The van der Waals surface area contributed by atoms with Crippen LogP contribution in [-0.4, -0.2) is 51.8 Å². The zero-order chi connectivity index (χ0) is 17.6. The second-order valence-corrected chi connectivity index (χ2v) is 8.07. The number of quaternary nitrogens is 2. The Kier molecular flexibility index (Phi) is 6.45. The minimum atomic E-state index is 0.128. The molecule has 2 aliphatic heterocycles. The SMILES string of the molecule is C[C@@H]1C[C@@H](C)C[NH+](CC(=O)Nc2ccc(C[NH+]3CCOCC3)cc2)C1. The lowest BCUT2D eigenvalue weighted by Crippen LogP contribution is -3.15. The number of hydrogen-bond acceptors (Lipinski definition) is 2. The first-order chi connectivity index (χ1) is 12.1. The van der Waals surface area contributed by atoms with Gasteiger partial charge in [0.2, 0.25) is 0 Å². The van der Waals surface area contributed by atoms with E-state index in [0.717, 1.165) is 51.6 Å². The Bertz CT molecular complexity index is 545. The Labute approximate surface area is 151 Å². The highest BCUT2D eigenvalue weighted by Crippen LogP contribution is 2.12. The van der Waals surface area contributed by atoms with Crippen molar-refractivity contribution in [1.82, 2.24) is 0 Å². The second kappa shape index (κ2) is 8.79. The summed E-state index contributed by atoms with van der Waals surface area (Å²) in [6, 6.07) is 8.33. The number of amides is 1. The first-order valence-corrected chi connectivity index (χ1v) is 9.72. The molecule has 0 unspecified atom stereocenters. The third kappa shape index (κ3) is 5.80. The van der Waals surface area contributed by atoms with Crippen LogP contribution in [0.1, 0.15) is 25.8 Å². The van der Waals surface area contributed by atoms with Gasteiger partial charge in [0.1, 0.15) is 19.6 Å². The van der Waals surface area contributed by atoms with Crippen LogP contribution >= 0.6 is 0 Å². The van der Waals surface area contributed by atoms with Crippen LogP contribution in [0.25, 0.3) is 0 Å². The third-order valence-electron chi connectivity index (χ3n) is 5.38. The van der Waals surface area contributed by atoms with Crippen molar-refractivity contribution in [3.8, 4) is 0 Å². The van der Waals surface area contributed by atoms with Crippen molar-refractivity contribution in [2.75, 3.05) is 51.3 Å². The Balaban J connectivity index is 1.46. The summed E-state index contributed by atoms with van der Waals surface area (Å²) in [5.74, 6) is 1.56. The molecule has 0 bridgehead atoms. The molecule has 2 fully saturated rings. The lowest BCUT2D eigenvalue weighted by molar-refractivity contribution is -0.921. The minimum Gasteiger partial charge on any atom is -0.370 e. The third-order valence-corrected chi connectivity index (χ3v) is 5.38. The molecule has 2 saturated heterocycles. The average Bonchev–Trinajstić information content (AvgIpc) is 2.56. The van der Waals surface area contributed by atoms with Crippen molar-refractivity contribution in [3.63, 3.8) is 0 Å². The highest BCUT2D eigenvalue weighted by atomic mass is 16.5. The number of benzene rings is 1. The molecule has 1 aromatic rings. The molecule has 1 amide bonds. The van der Waals surface area contributed by atoms with Crippen LogP contribution in [0.2, 0.25) is 0 Å². The molecule has 0 spiro atoms. The number of carbonyl (C=O) groups excluding carboxylic acids is 1. The summed E-state index contributed by atoms with van der Waals surface area (Å²) in [4.78, 5) is 15.3. The van der Waals surface area contributed by atoms with E-state index in [1.807, 2.05) is 12.1 Å². The molecule has 2 heterocycles. The number of rotatable bonds is 5. The van der Waals surface area contributed by atoms with E-state index in [1.54, 1.807) is 4.90 Å². The van der Waals surface area contributed by atoms with Gasteiger partial charge in [0.05, 0.1) is 26.3 Å². The molecule has 0 aliphatic carbocycles. The van der Waals surface area contributed by atoms with Crippen LogP contribution in [0.15, 0.2) is 24.3 Å². The molecular weight excluding hydrogens is 314 g/mol. The lowest BCUT2D eigenvalue weighted by Gasteiger charge is -2.31. The predicted molar refractivity (Wildman–Crippen MR) is 98.8 cm³/mol. The number of likely N-dealkylation sites (tertiary alicyclic amines) is 1. The molecule has 3 N–H and O–H groups in total. The highest BCUT2D eigenvalue weighted by Gasteiger charge is 2.26. The molecule has 3 rings (SSSR count). The summed E-state index contributed by atoms with van der Waals surface area (Å²) in [7, 11) is 0. The maximum Gasteiger partial charge on any atom is 0.279 e. The smallest absolute Gasteiger partial charge is 0.279 e. The summed E-state index contributed by atoms with van der Waals surface area (Å²) in [5, 5.41) is 3.06. The van der Waals surface area contributed by atoms with Crippen LogP contribution in [0, 0.1) is 11.8 Å². The quantitative estimate of drug-likeness (QED) is 0.679. The first-order valence-electron chi connectivity index (χ1n) is 9.72. The summed E-state index contributed by atoms with van der Waals surface area (Å²) >= 11 is 0. The van der Waals surface area contributed by atoms with Gasteiger partial charge in [-0.15, -0.1) is 0 Å². The van der Waals surface area contributed by atoms with Crippen molar-refractivity contribution in [1.29, 1.82) is 0 Å². The van der Waals surface area contributed by atoms with Gasteiger partial charge in [-0.25, -0.2) is 0 Å². The van der Waals surface area contributed by atoms with Gasteiger partial charge in [-0.3, -0.25) is 4.79 Å². The number of hydrogen-bond donors (Lipinski definition) is 3. The molecule has 2 atom stereocenters. The van der Waals surface area contributed by atoms with Crippen molar-refractivity contribution in [2.45, 2.75) is 26.8 Å². The zero-order valence-electron chi connectivity index (χ0n) is 15.6. The Morgan fingerprint density at radius 3 is 2.36 bits per heavy atom. The highest BCUT2D eigenvalue weighted by molar-refractivity contribution is 5.91. The maximum atomic E-state index is 12.3. The standard InChI is InChI=1S/C20H31N3O2/c1-16-11-17(2)13-23(12-16)15-20(24)21-19-5-3-18(4-6-19)14-22-7-9-25-10-8-22/h3-6,16-17H,7-15H2,1-2H3,(H,21,24)/p+2/t16-,17-/m1/s1. The largest absolute Gasteiger partial charge is 0.370 e. The van der Waals surface area contributed by atoms with Crippen LogP contribution in [-0.2, 0) is 16.1 Å². The van der Waals surface area contributed by atoms with E-state index in [0.29, 0.717) is 18.4 Å². The fourth-order valence-electron chi connectivity index (χ4n) is 4.33. The molecule has 5 nitrogen and oxygen atoms in total. The van der Waals surface area contributed by atoms with Gasteiger partial charge in [-0.1, -0.05) is 26.0 Å². The Morgan fingerprint density at radius 2 is 1.72 bits per heavy atom. The van der Waals surface area contributed by atoms with E-state index in [1.165, 1.54) is 16.9 Å². The average molecular weight is 348 g/mol. The molecule has 25 heavy (non-hydrogen) atoms.